The van der Waals surface area contributed by atoms with Gasteiger partial charge in [0.15, 0.2) is 0 Å². The first-order chi connectivity index (χ1) is 9.26. The molecule has 3 N–H and O–H groups in total. The van der Waals surface area contributed by atoms with Gasteiger partial charge in [0.1, 0.15) is 5.75 Å². The van der Waals surface area contributed by atoms with Crippen molar-refractivity contribution < 1.29 is 14.3 Å². The third-order valence-electron chi connectivity index (χ3n) is 2.24. The molecule has 0 aliphatic carbocycles. The summed E-state index contributed by atoms with van der Waals surface area (Å²) in [5.74, 6) is 1.95. The van der Waals surface area contributed by atoms with E-state index >= 15 is 0 Å². The molecule has 0 aliphatic heterocycles. The highest BCUT2D eigenvalue weighted by Crippen LogP contribution is 2.15. The lowest BCUT2D eigenvalue weighted by Crippen LogP contribution is -2.15. The second-order valence-corrected chi connectivity index (χ2v) is 4.84. The molecule has 0 unspecified atom stereocenters. The number of nitrogens with two attached hydrogens (primary N) is 1. The quantitative estimate of drug-likeness (QED) is 0.670. The number of benzene rings is 1. The van der Waals surface area contributed by atoms with E-state index in [1.54, 1.807) is 7.11 Å². The summed E-state index contributed by atoms with van der Waals surface area (Å²) in [6.07, 6.45) is 0. The van der Waals surface area contributed by atoms with Gasteiger partial charge in [0, 0.05) is 18.0 Å². The van der Waals surface area contributed by atoms with Gasteiger partial charge in [-0.15, -0.1) is 11.8 Å². The molecule has 0 atom stereocenters. The number of carbonyl (C=O) groups is 1. The van der Waals surface area contributed by atoms with E-state index in [9.17, 15) is 4.79 Å². The van der Waals surface area contributed by atoms with Gasteiger partial charge < -0.3 is 20.5 Å². The Morgan fingerprint density at radius 1 is 1.32 bits per heavy atom. The van der Waals surface area contributed by atoms with Crippen LogP contribution in [0.15, 0.2) is 24.3 Å². The average molecular weight is 284 g/mol. The molecule has 0 spiro atoms. The third kappa shape index (κ3) is 7.05. The maximum absolute atomic E-state index is 11.6. The van der Waals surface area contributed by atoms with Crippen molar-refractivity contribution >= 4 is 23.4 Å². The fourth-order valence-electron chi connectivity index (χ4n) is 1.34. The molecule has 0 bridgehead atoms. The van der Waals surface area contributed by atoms with Gasteiger partial charge in [0.05, 0.1) is 26.1 Å². The number of hydrogen-bond donors (Lipinski definition) is 2. The molecule has 0 saturated heterocycles. The minimum absolute atomic E-state index is 0.0195. The number of amides is 1. The molecule has 19 heavy (non-hydrogen) atoms. The largest absolute Gasteiger partial charge is 0.497 e. The Morgan fingerprint density at radius 2 is 2.05 bits per heavy atom. The smallest absolute Gasteiger partial charge is 0.234 e. The zero-order chi connectivity index (χ0) is 13.9. The molecule has 0 fully saturated rings. The first kappa shape index (κ1) is 15.8. The summed E-state index contributed by atoms with van der Waals surface area (Å²) in [5.41, 5.74) is 6.06. The van der Waals surface area contributed by atoms with Crippen LogP contribution in [0.3, 0.4) is 0 Å². The third-order valence-corrected chi connectivity index (χ3v) is 3.16. The van der Waals surface area contributed by atoms with E-state index in [0.717, 1.165) is 17.2 Å². The van der Waals surface area contributed by atoms with Crippen LogP contribution >= 0.6 is 11.8 Å². The summed E-state index contributed by atoms with van der Waals surface area (Å²) in [6.45, 7) is 1.72. The molecule has 0 saturated carbocycles. The highest BCUT2D eigenvalue weighted by molar-refractivity contribution is 7.99. The van der Waals surface area contributed by atoms with E-state index in [1.807, 2.05) is 24.3 Å². The van der Waals surface area contributed by atoms with Crippen molar-refractivity contribution in [2.24, 2.45) is 5.73 Å². The molecule has 5 nitrogen and oxygen atoms in total. The van der Waals surface area contributed by atoms with Crippen LogP contribution in [0.25, 0.3) is 0 Å². The Hall–Kier alpha value is -1.24. The van der Waals surface area contributed by atoms with Crippen molar-refractivity contribution in [2.75, 3.05) is 43.7 Å². The maximum Gasteiger partial charge on any atom is 0.234 e. The number of ether oxygens (including phenoxy) is 2. The van der Waals surface area contributed by atoms with Crippen molar-refractivity contribution in [2.45, 2.75) is 0 Å². The Bertz CT molecular complexity index is 371. The first-order valence-corrected chi connectivity index (χ1v) is 7.21. The minimum atomic E-state index is -0.0195. The van der Waals surface area contributed by atoms with Gasteiger partial charge >= 0.3 is 0 Å². The Kier molecular flexibility index (Phi) is 8.04. The van der Waals surface area contributed by atoms with E-state index in [-0.39, 0.29) is 5.91 Å². The van der Waals surface area contributed by atoms with Crippen molar-refractivity contribution in [1.29, 1.82) is 0 Å². The van der Waals surface area contributed by atoms with E-state index in [2.05, 4.69) is 5.32 Å². The minimum Gasteiger partial charge on any atom is -0.497 e. The number of nitrogens with one attached hydrogen (secondary N) is 1. The number of methoxy groups -OCH3 is 1. The average Bonchev–Trinajstić information content (AvgIpc) is 2.43. The lowest BCUT2D eigenvalue weighted by atomic mass is 10.3. The van der Waals surface area contributed by atoms with Gasteiger partial charge in [-0.25, -0.2) is 0 Å². The summed E-state index contributed by atoms with van der Waals surface area (Å²) >= 11 is 1.54. The van der Waals surface area contributed by atoms with Crippen LogP contribution in [0.1, 0.15) is 0 Å². The standard InChI is InChI=1S/C13H20N2O3S/c1-17-12-4-2-11(3-5-12)15-13(16)10-19-9-8-18-7-6-14/h2-5H,6-10,14H2,1H3,(H,15,16). The first-order valence-electron chi connectivity index (χ1n) is 6.05. The van der Waals surface area contributed by atoms with Gasteiger partial charge in [0.2, 0.25) is 5.91 Å². The van der Waals surface area contributed by atoms with Crippen molar-refractivity contribution in [3.05, 3.63) is 24.3 Å². The Morgan fingerprint density at radius 3 is 2.68 bits per heavy atom. The van der Waals surface area contributed by atoms with Crippen molar-refractivity contribution in [1.82, 2.24) is 0 Å². The van der Waals surface area contributed by atoms with E-state index < -0.39 is 0 Å². The summed E-state index contributed by atoms with van der Waals surface area (Å²) in [4.78, 5) is 11.6. The predicted octanol–water partition coefficient (Wildman–Crippen LogP) is 1.34. The van der Waals surface area contributed by atoms with Crippen molar-refractivity contribution in [3.63, 3.8) is 0 Å². The predicted molar refractivity (Wildman–Crippen MR) is 78.8 cm³/mol. The van der Waals surface area contributed by atoms with Crippen LogP contribution in [-0.4, -0.2) is 44.3 Å². The number of anilines is 1. The number of carbonyl (C=O) groups excluding carboxylic acids is 1. The molecule has 1 amide bonds. The van der Waals surface area contributed by atoms with Crippen LogP contribution in [0.4, 0.5) is 5.69 Å². The fourth-order valence-corrected chi connectivity index (χ4v) is 1.98. The van der Waals surface area contributed by atoms with E-state index in [0.29, 0.717) is 25.5 Å². The second kappa shape index (κ2) is 9.66. The lowest BCUT2D eigenvalue weighted by molar-refractivity contribution is -0.113. The number of hydrogen-bond acceptors (Lipinski definition) is 5. The van der Waals surface area contributed by atoms with Crippen LogP contribution < -0.4 is 15.8 Å². The van der Waals surface area contributed by atoms with Gasteiger partial charge in [-0.1, -0.05) is 0 Å². The molecule has 6 heteroatoms. The molecule has 0 aromatic heterocycles. The fraction of sp³-hybridized carbons (Fsp3) is 0.462. The van der Waals surface area contributed by atoms with Crippen molar-refractivity contribution in [3.8, 4) is 5.75 Å². The summed E-state index contributed by atoms with van der Waals surface area (Å²) in [7, 11) is 1.61. The summed E-state index contributed by atoms with van der Waals surface area (Å²) in [6, 6.07) is 7.24. The molecule has 1 aromatic rings. The molecule has 0 aliphatic rings. The normalized spacial score (nSPS) is 10.2. The molecule has 0 heterocycles. The topological polar surface area (TPSA) is 73.6 Å². The van der Waals surface area contributed by atoms with Gasteiger partial charge in [0.25, 0.3) is 0 Å². The Labute approximate surface area is 117 Å². The lowest BCUT2D eigenvalue weighted by Gasteiger charge is -2.06. The second-order valence-electron chi connectivity index (χ2n) is 3.73. The molecule has 0 radical (unpaired) electrons. The van der Waals surface area contributed by atoms with Gasteiger partial charge in [-0.05, 0) is 24.3 Å². The van der Waals surface area contributed by atoms with Gasteiger partial charge in [-0.2, -0.15) is 0 Å². The Balaban J connectivity index is 2.16. The summed E-state index contributed by atoms with van der Waals surface area (Å²) < 4.78 is 10.3. The van der Waals surface area contributed by atoms with Crippen LogP contribution in [0.5, 0.6) is 5.75 Å². The van der Waals surface area contributed by atoms with E-state index in [4.69, 9.17) is 15.2 Å². The highest BCUT2D eigenvalue weighted by atomic mass is 32.2. The van der Waals surface area contributed by atoms with E-state index in [1.165, 1.54) is 11.8 Å². The van der Waals surface area contributed by atoms with Gasteiger partial charge in [-0.3, -0.25) is 4.79 Å². The number of rotatable bonds is 9. The molecule has 1 rings (SSSR count). The van der Waals surface area contributed by atoms with Crippen LogP contribution in [0, 0.1) is 0 Å². The molecular formula is C13H20N2O3S. The SMILES string of the molecule is COc1ccc(NC(=O)CSCCOCCN)cc1. The summed E-state index contributed by atoms with van der Waals surface area (Å²) in [5, 5.41) is 2.82. The molecule has 106 valence electrons. The molecular weight excluding hydrogens is 264 g/mol. The van der Waals surface area contributed by atoms with Crippen LogP contribution in [0.2, 0.25) is 0 Å². The maximum atomic E-state index is 11.6. The highest BCUT2D eigenvalue weighted by Gasteiger charge is 2.02. The van der Waals surface area contributed by atoms with Crippen LogP contribution in [-0.2, 0) is 9.53 Å². The molecule has 1 aromatic carbocycles. The number of thioether (sulfide) groups is 1. The monoisotopic (exact) mass is 284 g/mol. The zero-order valence-electron chi connectivity index (χ0n) is 11.1. The zero-order valence-corrected chi connectivity index (χ0v) is 11.9.